The molecule has 0 unspecified atom stereocenters. The molecular weight excluding hydrogens is 789 g/mol. The average molecular weight is 847 g/mol. The normalized spacial score (nSPS) is 18.6. The largest absolute Gasteiger partial charge is 0.462 e. The third-order valence-corrected chi connectivity index (χ3v) is 12.1. The minimum atomic E-state index is -3.91. The van der Waals surface area contributed by atoms with Gasteiger partial charge in [-0.2, -0.15) is 0 Å². The van der Waals surface area contributed by atoms with E-state index >= 15 is 0 Å². The minimum Gasteiger partial charge on any atom is -0.462 e. The van der Waals surface area contributed by atoms with Crippen molar-refractivity contribution in [1.29, 1.82) is 0 Å². The molecule has 3 rings (SSSR count). The average Bonchev–Trinajstić information content (AvgIpc) is 3.21. The number of rotatable bonds is 19. The highest BCUT2D eigenvalue weighted by Crippen LogP contribution is 2.50. The zero-order valence-corrected chi connectivity index (χ0v) is 36.1. The SMILES string of the molecule is CCCCC1(CCCC)CS(=O)(=O)c2ccc(N(C)C)cc2[C@H](c2cccc(NC(=O)[C@H](OC(C)=O)[C@@H](OC(C)=O)[C@H](OC(C)=O)[C@@H](COC(C)=O)OC(C)=O)c2)[C@@H]1O. The number of nitrogens with one attached hydrogen (secondary N) is 1. The lowest BCUT2D eigenvalue weighted by atomic mass is 9.68. The molecule has 1 aliphatic heterocycles. The number of fused-ring (bicyclic) bond motifs is 1. The molecule has 0 saturated carbocycles. The number of aliphatic hydroxyl groups is 1. The van der Waals surface area contributed by atoms with Crippen LogP contribution in [0.25, 0.3) is 0 Å². The lowest BCUT2D eigenvalue weighted by Crippen LogP contribution is -2.56. The van der Waals surface area contributed by atoms with Crippen LogP contribution in [0.4, 0.5) is 11.4 Å². The highest BCUT2D eigenvalue weighted by molar-refractivity contribution is 7.91. The van der Waals surface area contributed by atoms with Crippen LogP contribution < -0.4 is 10.2 Å². The Labute approximate surface area is 346 Å². The first-order valence-electron chi connectivity index (χ1n) is 19.6. The molecule has 0 saturated heterocycles. The van der Waals surface area contributed by atoms with E-state index in [4.69, 9.17) is 23.7 Å². The van der Waals surface area contributed by atoms with Crippen LogP contribution in [-0.4, -0.2) is 106 Å². The van der Waals surface area contributed by atoms with Gasteiger partial charge in [-0.3, -0.25) is 28.8 Å². The monoisotopic (exact) mass is 846 g/mol. The zero-order chi connectivity index (χ0) is 44.2. The van der Waals surface area contributed by atoms with Crippen LogP contribution in [0.3, 0.4) is 0 Å². The second-order valence-corrected chi connectivity index (χ2v) is 17.1. The fraction of sp³-hybridized carbons (Fsp3) is 0.571. The number of hydrogen-bond donors (Lipinski definition) is 2. The number of sulfone groups is 1. The second-order valence-electron chi connectivity index (χ2n) is 15.1. The molecule has 2 aromatic rings. The minimum absolute atomic E-state index is 0.100. The Morgan fingerprint density at radius 1 is 0.797 bits per heavy atom. The number of nitrogens with zero attached hydrogens (tertiary/aromatic N) is 1. The summed E-state index contributed by atoms with van der Waals surface area (Å²) in [6.07, 6.45) is -4.80. The number of amides is 1. The number of esters is 5. The fourth-order valence-electron chi connectivity index (χ4n) is 7.51. The molecule has 2 N–H and O–H groups in total. The smallest absolute Gasteiger partial charge is 0.303 e. The predicted octanol–water partition coefficient (Wildman–Crippen LogP) is 4.63. The van der Waals surface area contributed by atoms with E-state index in [9.17, 15) is 42.3 Å². The fourth-order valence-corrected chi connectivity index (χ4v) is 9.70. The van der Waals surface area contributed by atoms with Gasteiger partial charge in [-0.1, -0.05) is 51.7 Å². The van der Waals surface area contributed by atoms with E-state index in [0.717, 1.165) is 47.5 Å². The van der Waals surface area contributed by atoms with E-state index in [-0.39, 0.29) is 16.3 Å². The van der Waals surface area contributed by atoms with Crippen molar-refractivity contribution in [2.24, 2.45) is 5.41 Å². The van der Waals surface area contributed by atoms with Gasteiger partial charge in [0.25, 0.3) is 5.91 Å². The Kier molecular flexibility index (Phi) is 17.4. The van der Waals surface area contributed by atoms with Gasteiger partial charge in [0.2, 0.25) is 6.10 Å². The lowest BCUT2D eigenvalue weighted by molar-refractivity contribution is -0.202. The van der Waals surface area contributed by atoms with Gasteiger partial charge in [-0.15, -0.1) is 0 Å². The van der Waals surface area contributed by atoms with Gasteiger partial charge in [0, 0.05) is 71.4 Å². The van der Waals surface area contributed by atoms with Crippen molar-refractivity contribution < 1.29 is 66.0 Å². The first-order valence-corrected chi connectivity index (χ1v) is 21.3. The van der Waals surface area contributed by atoms with Crippen LogP contribution in [0.15, 0.2) is 47.4 Å². The third-order valence-electron chi connectivity index (χ3n) is 10.1. The van der Waals surface area contributed by atoms with Crippen LogP contribution >= 0.6 is 0 Å². The van der Waals surface area contributed by atoms with E-state index in [2.05, 4.69) is 5.32 Å². The Balaban J connectivity index is 2.24. The molecule has 6 atom stereocenters. The Morgan fingerprint density at radius 3 is 1.90 bits per heavy atom. The van der Waals surface area contributed by atoms with E-state index in [1.165, 1.54) is 6.07 Å². The van der Waals surface area contributed by atoms with Gasteiger partial charge < -0.3 is 39.0 Å². The van der Waals surface area contributed by atoms with E-state index in [0.29, 0.717) is 42.5 Å². The number of hydrogen-bond acceptors (Lipinski definition) is 15. The summed E-state index contributed by atoms with van der Waals surface area (Å²) in [6.45, 7) is 8.37. The van der Waals surface area contributed by atoms with Gasteiger partial charge in [-0.05, 0) is 54.3 Å². The van der Waals surface area contributed by atoms with Crippen LogP contribution in [0.2, 0.25) is 0 Å². The molecule has 0 radical (unpaired) electrons. The van der Waals surface area contributed by atoms with Crippen molar-refractivity contribution in [2.75, 3.05) is 36.7 Å². The molecular formula is C42H58N2O14S. The Bertz CT molecular complexity index is 1940. The second kappa shape index (κ2) is 21.3. The number of carbonyl (C=O) groups excluding carboxylic acids is 6. The Morgan fingerprint density at radius 2 is 1.37 bits per heavy atom. The van der Waals surface area contributed by atoms with Crippen LogP contribution in [0.5, 0.6) is 0 Å². The molecule has 0 aliphatic carbocycles. The molecule has 326 valence electrons. The van der Waals surface area contributed by atoms with E-state index in [1.54, 1.807) is 36.4 Å². The molecule has 0 bridgehead atoms. The maximum atomic E-state index is 14.3. The maximum absolute atomic E-state index is 14.3. The molecule has 0 aromatic heterocycles. The van der Waals surface area contributed by atoms with E-state index < -0.39 is 94.1 Å². The summed E-state index contributed by atoms with van der Waals surface area (Å²) >= 11 is 0. The highest BCUT2D eigenvalue weighted by Gasteiger charge is 2.50. The molecule has 1 heterocycles. The van der Waals surface area contributed by atoms with E-state index in [1.807, 2.05) is 32.8 Å². The van der Waals surface area contributed by atoms with Crippen molar-refractivity contribution in [2.45, 2.75) is 128 Å². The standard InChI is InChI=1S/C42H58N2O14S/c1-10-12-19-42(20-13-11-2)24-59(52,53)35-18-17-32(44(8)9)22-33(35)36(40(42)50)30-15-14-16-31(21-30)43-41(51)39(58-29(7)49)38(57-28(6)48)37(56-27(5)47)34(55-26(4)46)23-54-25(3)45/h14-18,21-22,34,36-40,50H,10-13,19-20,23-24H2,1-9H3,(H,43,51)/t34-,36+,37-,38+,39-,40+/m1/s1. The number of benzene rings is 2. The molecule has 0 fully saturated rings. The first kappa shape index (κ1) is 48.3. The number of ether oxygens (including phenoxy) is 5. The first-order chi connectivity index (χ1) is 27.7. The van der Waals surface area contributed by atoms with Crippen LogP contribution in [0.1, 0.15) is 104 Å². The molecule has 16 nitrogen and oxygen atoms in total. The quantitative estimate of drug-likeness (QED) is 0.146. The predicted molar refractivity (Wildman–Crippen MR) is 216 cm³/mol. The molecule has 17 heteroatoms. The summed E-state index contributed by atoms with van der Waals surface area (Å²) in [6, 6.07) is 11.5. The van der Waals surface area contributed by atoms with Crippen molar-refractivity contribution in [3.8, 4) is 0 Å². The van der Waals surface area contributed by atoms with Crippen molar-refractivity contribution in [3.63, 3.8) is 0 Å². The molecule has 1 amide bonds. The molecule has 0 spiro atoms. The third kappa shape index (κ3) is 13.0. The molecule has 59 heavy (non-hydrogen) atoms. The molecule has 1 aliphatic rings. The summed E-state index contributed by atoms with van der Waals surface area (Å²) in [5.41, 5.74) is 0.669. The number of anilines is 2. The van der Waals surface area contributed by atoms with Crippen molar-refractivity contribution >= 4 is 57.0 Å². The summed E-state index contributed by atoms with van der Waals surface area (Å²) < 4.78 is 55.2. The maximum Gasteiger partial charge on any atom is 0.303 e. The number of aliphatic hydroxyl groups excluding tert-OH is 1. The zero-order valence-electron chi connectivity index (χ0n) is 35.3. The van der Waals surface area contributed by atoms with Gasteiger partial charge >= 0.3 is 29.8 Å². The van der Waals surface area contributed by atoms with Gasteiger partial charge in [0.15, 0.2) is 28.1 Å². The summed E-state index contributed by atoms with van der Waals surface area (Å²) in [7, 11) is -0.268. The summed E-state index contributed by atoms with van der Waals surface area (Å²) in [5, 5.41) is 15.3. The van der Waals surface area contributed by atoms with Crippen molar-refractivity contribution in [1.82, 2.24) is 0 Å². The van der Waals surface area contributed by atoms with Crippen LogP contribution in [-0.2, 0) is 62.3 Å². The Hall–Kier alpha value is -5.03. The topological polar surface area (TPSA) is 218 Å². The molecule has 2 aromatic carbocycles. The summed E-state index contributed by atoms with van der Waals surface area (Å²) in [4.78, 5) is 77.5. The summed E-state index contributed by atoms with van der Waals surface area (Å²) in [5.74, 6) is -6.90. The lowest BCUT2D eigenvalue weighted by Gasteiger charge is -2.40. The number of carbonyl (C=O) groups is 6. The van der Waals surface area contributed by atoms with Gasteiger partial charge in [0.05, 0.1) is 16.8 Å². The highest BCUT2D eigenvalue weighted by atomic mass is 32.2. The van der Waals surface area contributed by atoms with Crippen LogP contribution in [0, 0.1) is 5.41 Å². The van der Waals surface area contributed by atoms with Gasteiger partial charge in [0.1, 0.15) is 6.61 Å². The number of unbranched alkanes of at least 4 members (excludes halogenated alkanes) is 2. The van der Waals surface area contributed by atoms with Gasteiger partial charge in [-0.25, -0.2) is 8.42 Å². The van der Waals surface area contributed by atoms with Crippen molar-refractivity contribution in [3.05, 3.63) is 53.6 Å².